The lowest BCUT2D eigenvalue weighted by Crippen LogP contribution is -2.42. The highest BCUT2D eigenvalue weighted by Gasteiger charge is 2.17. The lowest BCUT2D eigenvalue weighted by Gasteiger charge is -2.27. The molecule has 1 saturated heterocycles. The molecule has 2 heterocycles. The van der Waals surface area contributed by atoms with Crippen LogP contribution in [0.5, 0.6) is 0 Å². The predicted octanol–water partition coefficient (Wildman–Crippen LogP) is 1.89. The van der Waals surface area contributed by atoms with Crippen LogP contribution in [0.25, 0.3) is 0 Å². The molecule has 94 valence electrons. The Hall–Kier alpha value is -1.16. The molecule has 0 unspecified atom stereocenters. The molecule has 0 amide bonds. The summed E-state index contributed by atoms with van der Waals surface area (Å²) in [6.07, 6.45) is 2.55. The highest BCUT2D eigenvalue weighted by Crippen LogP contribution is 2.13. The standard InChI is InChI=1S/C13H22N4/c1-9-4-5-12(14-7-9)8-15-13-16-10(2)6-11(3)17-13/h6,9,12,14H,4-5,7-8H2,1-3H3,(H,15,16,17)/t9-,12-/m0/s1. The average molecular weight is 234 g/mol. The smallest absolute Gasteiger partial charge is 0.223 e. The van der Waals surface area contributed by atoms with E-state index in [0.717, 1.165) is 36.3 Å². The molecule has 4 nitrogen and oxygen atoms in total. The van der Waals surface area contributed by atoms with E-state index in [-0.39, 0.29) is 0 Å². The number of nitrogens with zero attached hydrogens (tertiary/aromatic N) is 2. The maximum Gasteiger partial charge on any atom is 0.223 e. The van der Waals surface area contributed by atoms with Gasteiger partial charge in [-0.25, -0.2) is 9.97 Å². The molecule has 2 atom stereocenters. The van der Waals surface area contributed by atoms with Crippen molar-refractivity contribution < 1.29 is 0 Å². The van der Waals surface area contributed by atoms with E-state index >= 15 is 0 Å². The van der Waals surface area contributed by atoms with Crippen LogP contribution in [0.1, 0.15) is 31.2 Å². The van der Waals surface area contributed by atoms with Crippen LogP contribution in [0.15, 0.2) is 6.07 Å². The number of aromatic nitrogens is 2. The summed E-state index contributed by atoms with van der Waals surface area (Å²) in [5.41, 5.74) is 2.04. The Kier molecular flexibility index (Phi) is 3.94. The summed E-state index contributed by atoms with van der Waals surface area (Å²) in [4.78, 5) is 8.77. The largest absolute Gasteiger partial charge is 0.353 e. The highest BCUT2D eigenvalue weighted by atomic mass is 15.1. The molecule has 0 bridgehead atoms. The van der Waals surface area contributed by atoms with Gasteiger partial charge in [0.2, 0.25) is 5.95 Å². The Labute approximate surface area is 103 Å². The van der Waals surface area contributed by atoms with Crippen molar-refractivity contribution >= 4 is 5.95 Å². The van der Waals surface area contributed by atoms with Crippen LogP contribution < -0.4 is 10.6 Å². The summed E-state index contributed by atoms with van der Waals surface area (Å²) in [6, 6.07) is 2.54. The molecule has 2 rings (SSSR count). The number of anilines is 1. The summed E-state index contributed by atoms with van der Waals surface area (Å²) in [7, 11) is 0. The van der Waals surface area contributed by atoms with E-state index in [1.165, 1.54) is 12.8 Å². The number of aryl methyl sites for hydroxylation is 2. The molecule has 0 saturated carbocycles. The van der Waals surface area contributed by atoms with Gasteiger partial charge >= 0.3 is 0 Å². The topological polar surface area (TPSA) is 49.8 Å². The minimum atomic E-state index is 0.551. The summed E-state index contributed by atoms with van der Waals surface area (Å²) >= 11 is 0. The van der Waals surface area contributed by atoms with Gasteiger partial charge in [0.05, 0.1) is 0 Å². The minimum absolute atomic E-state index is 0.551. The number of hydrogen-bond donors (Lipinski definition) is 2. The van der Waals surface area contributed by atoms with Crippen LogP contribution in [0.3, 0.4) is 0 Å². The van der Waals surface area contributed by atoms with Gasteiger partial charge in [0.25, 0.3) is 0 Å². The lowest BCUT2D eigenvalue weighted by atomic mass is 9.96. The summed E-state index contributed by atoms with van der Waals surface area (Å²) < 4.78 is 0. The summed E-state index contributed by atoms with van der Waals surface area (Å²) in [6.45, 7) is 8.33. The molecule has 1 aromatic heterocycles. The zero-order valence-electron chi connectivity index (χ0n) is 11.0. The third-order valence-electron chi connectivity index (χ3n) is 3.25. The monoisotopic (exact) mass is 234 g/mol. The average Bonchev–Trinajstić information content (AvgIpc) is 2.27. The van der Waals surface area contributed by atoms with Crippen LogP contribution in [-0.4, -0.2) is 29.1 Å². The number of hydrogen-bond acceptors (Lipinski definition) is 4. The molecular weight excluding hydrogens is 212 g/mol. The molecule has 0 aromatic carbocycles. The SMILES string of the molecule is Cc1cc(C)nc(NC[C@@H]2CC[C@H](C)CN2)n1. The Morgan fingerprint density at radius 2 is 2.00 bits per heavy atom. The second-order valence-electron chi connectivity index (χ2n) is 5.14. The molecule has 4 heteroatoms. The van der Waals surface area contributed by atoms with Gasteiger partial charge in [-0.3, -0.25) is 0 Å². The van der Waals surface area contributed by atoms with Crippen molar-refractivity contribution in [2.24, 2.45) is 5.92 Å². The van der Waals surface area contributed by atoms with Gasteiger partial charge in [-0.2, -0.15) is 0 Å². The molecule has 17 heavy (non-hydrogen) atoms. The Balaban J connectivity index is 1.85. The molecule has 2 N–H and O–H groups in total. The second-order valence-corrected chi connectivity index (χ2v) is 5.14. The zero-order valence-corrected chi connectivity index (χ0v) is 11.0. The fourth-order valence-corrected chi connectivity index (χ4v) is 2.25. The molecule has 1 aromatic rings. The first kappa shape index (κ1) is 12.3. The van der Waals surface area contributed by atoms with E-state index in [1.54, 1.807) is 0 Å². The maximum atomic E-state index is 4.38. The zero-order chi connectivity index (χ0) is 12.3. The van der Waals surface area contributed by atoms with E-state index in [0.29, 0.717) is 6.04 Å². The van der Waals surface area contributed by atoms with Crippen LogP contribution in [-0.2, 0) is 0 Å². The van der Waals surface area contributed by atoms with Gasteiger partial charge in [-0.1, -0.05) is 6.92 Å². The van der Waals surface area contributed by atoms with Crippen molar-refractivity contribution in [2.75, 3.05) is 18.4 Å². The Morgan fingerprint density at radius 1 is 1.29 bits per heavy atom. The van der Waals surface area contributed by atoms with Gasteiger partial charge < -0.3 is 10.6 Å². The minimum Gasteiger partial charge on any atom is -0.353 e. The van der Waals surface area contributed by atoms with E-state index < -0.39 is 0 Å². The summed E-state index contributed by atoms with van der Waals surface area (Å²) in [5, 5.41) is 6.88. The predicted molar refractivity (Wildman–Crippen MR) is 70.2 cm³/mol. The molecule has 1 fully saturated rings. The Bertz CT molecular complexity index is 349. The lowest BCUT2D eigenvalue weighted by molar-refractivity contribution is 0.336. The molecule has 0 aliphatic carbocycles. The maximum absolute atomic E-state index is 4.38. The van der Waals surface area contributed by atoms with Crippen LogP contribution in [0, 0.1) is 19.8 Å². The van der Waals surface area contributed by atoms with E-state index in [4.69, 9.17) is 0 Å². The summed E-state index contributed by atoms with van der Waals surface area (Å²) in [5.74, 6) is 1.56. The Morgan fingerprint density at radius 3 is 2.59 bits per heavy atom. The van der Waals surface area contributed by atoms with Crippen molar-refractivity contribution in [1.82, 2.24) is 15.3 Å². The first-order chi connectivity index (χ1) is 8.13. The third-order valence-corrected chi connectivity index (χ3v) is 3.25. The fraction of sp³-hybridized carbons (Fsp3) is 0.692. The van der Waals surface area contributed by atoms with E-state index in [9.17, 15) is 0 Å². The molecule has 0 spiro atoms. The molecule has 0 radical (unpaired) electrons. The molecule has 1 aliphatic heterocycles. The van der Waals surface area contributed by atoms with Crippen LogP contribution >= 0.6 is 0 Å². The van der Waals surface area contributed by atoms with E-state index in [1.807, 2.05) is 19.9 Å². The van der Waals surface area contributed by atoms with Gasteiger partial charge in [0, 0.05) is 24.0 Å². The van der Waals surface area contributed by atoms with Gasteiger partial charge in [-0.05, 0) is 45.2 Å². The van der Waals surface area contributed by atoms with Crippen molar-refractivity contribution in [2.45, 2.75) is 39.7 Å². The molecular formula is C13H22N4. The quantitative estimate of drug-likeness (QED) is 0.838. The van der Waals surface area contributed by atoms with Crippen LogP contribution in [0.2, 0.25) is 0 Å². The fourth-order valence-electron chi connectivity index (χ4n) is 2.25. The third kappa shape index (κ3) is 3.66. The number of nitrogens with one attached hydrogen (secondary N) is 2. The van der Waals surface area contributed by atoms with Gasteiger partial charge in [0.15, 0.2) is 0 Å². The first-order valence-electron chi connectivity index (χ1n) is 6.43. The normalized spacial score (nSPS) is 24.6. The van der Waals surface area contributed by atoms with Gasteiger partial charge in [-0.15, -0.1) is 0 Å². The first-order valence-corrected chi connectivity index (χ1v) is 6.43. The molecule has 1 aliphatic rings. The highest BCUT2D eigenvalue weighted by molar-refractivity contribution is 5.27. The van der Waals surface area contributed by atoms with Crippen molar-refractivity contribution in [1.29, 1.82) is 0 Å². The van der Waals surface area contributed by atoms with Crippen LogP contribution in [0.4, 0.5) is 5.95 Å². The number of piperidine rings is 1. The van der Waals surface area contributed by atoms with Crippen molar-refractivity contribution in [3.63, 3.8) is 0 Å². The number of rotatable bonds is 3. The van der Waals surface area contributed by atoms with Crippen molar-refractivity contribution in [3.05, 3.63) is 17.5 Å². The van der Waals surface area contributed by atoms with Gasteiger partial charge in [0.1, 0.15) is 0 Å². The van der Waals surface area contributed by atoms with E-state index in [2.05, 4.69) is 27.5 Å². The van der Waals surface area contributed by atoms with Crippen molar-refractivity contribution in [3.8, 4) is 0 Å². The second kappa shape index (κ2) is 5.45.